The van der Waals surface area contributed by atoms with E-state index in [1.54, 1.807) is 0 Å². The fraction of sp³-hybridized carbons (Fsp3) is 0.267. The van der Waals surface area contributed by atoms with Crippen LogP contribution < -0.4 is 9.47 Å². The highest BCUT2D eigenvalue weighted by atomic mass is 19.4. The van der Waals surface area contributed by atoms with Gasteiger partial charge in [-0.25, -0.2) is 0 Å². The zero-order valence-electron chi connectivity index (χ0n) is 12.2. The number of ether oxygens (including phenoxy) is 3. The van der Waals surface area contributed by atoms with E-state index in [-0.39, 0.29) is 22.9 Å². The molecule has 0 amide bonds. The van der Waals surface area contributed by atoms with Crippen molar-refractivity contribution in [2.24, 2.45) is 0 Å². The topological polar surface area (TPSA) is 40.6 Å². The highest BCUT2D eigenvalue weighted by Gasteiger charge is 2.41. The lowest BCUT2D eigenvalue weighted by Gasteiger charge is -2.20. The van der Waals surface area contributed by atoms with Gasteiger partial charge in [0.2, 0.25) is 11.8 Å². The van der Waals surface area contributed by atoms with Crippen molar-refractivity contribution in [1.29, 1.82) is 0 Å². The summed E-state index contributed by atoms with van der Waals surface area (Å²) in [5.74, 6) is -0.643. The number of halogens is 4. The number of alkyl halides is 3. The standard InChI is InChI=1S/C15H13F4NO3/c1-21-11-8-9(14(22-2)15(17,18)19)6-7-10(11)23-13-5-3-4-12(16)20-13/h3-8,14H,1-2H3. The summed E-state index contributed by atoms with van der Waals surface area (Å²) in [6.07, 6.45) is -6.65. The first-order valence-electron chi connectivity index (χ1n) is 6.43. The molecule has 0 saturated heterocycles. The molecule has 1 atom stereocenters. The molecule has 0 aliphatic rings. The Morgan fingerprint density at radius 2 is 1.78 bits per heavy atom. The fourth-order valence-electron chi connectivity index (χ4n) is 1.95. The Balaban J connectivity index is 2.33. The van der Waals surface area contributed by atoms with Crippen LogP contribution in [0.25, 0.3) is 0 Å². The second-order valence-corrected chi connectivity index (χ2v) is 4.47. The molecule has 23 heavy (non-hydrogen) atoms. The Bertz CT molecular complexity index is 676. The van der Waals surface area contributed by atoms with Gasteiger partial charge in [0, 0.05) is 13.2 Å². The molecule has 4 nitrogen and oxygen atoms in total. The minimum absolute atomic E-state index is 0.0415. The predicted molar refractivity (Wildman–Crippen MR) is 73.1 cm³/mol. The normalized spacial score (nSPS) is 12.8. The summed E-state index contributed by atoms with van der Waals surface area (Å²) in [6.45, 7) is 0. The van der Waals surface area contributed by atoms with Crippen LogP contribution in [-0.4, -0.2) is 25.4 Å². The molecule has 0 spiro atoms. The van der Waals surface area contributed by atoms with Gasteiger partial charge in [-0.05, 0) is 23.8 Å². The van der Waals surface area contributed by atoms with Gasteiger partial charge in [0.15, 0.2) is 17.6 Å². The lowest BCUT2D eigenvalue weighted by molar-refractivity contribution is -0.216. The summed E-state index contributed by atoms with van der Waals surface area (Å²) in [6, 6.07) is 7.56. The largest absolute Gasteiger partial charge is 0.493 e. The number of methoxy groups -OCH3 is 2. The molecule has 2 aromatic rings. The third-order valence-electron chi connectivity index (χ3n) is 2.93. The van der Waals surface area contributed by atoms with Gasteiger partial charge >= 0.3 is 6.18 Å². The van der Waals surface area contributed by atoms with Crippen LogP contribution in [-0.2, 0) is 4.74 Å². The van der Waals surface area contributed by atoms with Crippen molar-refractivity contribution in [1.82, 2.24) is 4.98 Å². The number of rotatable bonds is 5. The van der Waals surface area contributed by atoms with Crippen LogP contribution in [0.4, 0.5) is 17.6 Å². The smallest absolute Gasteiger partial charge is 0.418 e. The molecule has 1 aromatic heterocycles. The van der Waals surface area contributed by atoms with Crippen LogP contribution in [0.3, 0.4) is 0 Å². The lowest BCUT2D eigenvalue weighted by atomic mass is 10.1. The Morgan fingerprint density at radius 1 is 1.04 bits per heavy atom. The van der Waals surface area contributed by atoms with Gasteiger partial charge in [0.1, 0.15) is 0 Å². The molecule has 1 heterocycles. The molecular formula is C15H13F4NO3. The molecule has 124 valence electrons. The van der Waals surface area contributed by atoms with Gasteiger partial charge in [-0.1, -0.05) is 12.1 Å². The Kier molecular flexibility index (Phi) is 5.05. The van der Waals surface area contributed by atoms with Crippen LogP contribution in [0, 0.1) is 5.95 Å². The maximum Gasteiger partial charge on any atom is 0.418 e. The molecule has 0 saturated carbocycles. The number of benzene rings is 1. The quantitative estimate of drug-likeness (QED) is 0.606. The van der Waals surface area contributed by atoms with Crippen molar-refractivity contribution >= 4 is 0 Å². The van der Waals surface area contributed by atoms with Crippen LogP contribution in [0.5, 0.6) is 17.4 Å². The van der Waals surface area contributed by atoms with Crippen molar-refractivity contribution < 1.29 is 31.8 Å². The van der Waals surface area contributed by atoms with E-state index in [9.17, 15) is 17.6 Å². The van der Waals surface area contributed by atoms with Gasteiger partial charge in [-0.3, -0.25) is 0 Å². The summed E-state index contributed by atoms with van der Waals surface area (Å²) in [5.41, 5.74) is -0.142. The highest BCUT2D eigenvalue weighted by molar-refractivity contribution is 5.45. The summed E-state index contributed by atoms with van der Waals surface area (Å²) < 4.78 is 66.5. The first kappa shape index (κ1) is 17.0. The molecule has 0 aliphatic heterocycles. The van der Waals surface area contributed by atoms with E-state index < -0.39 is 18.2 Å². The van der Waals surface area contributed by atoms with Crippen molar-refractivity contribution in [3.05, 3.63) is 47.9 Å². The monoisotopic (exact) mass is 331 g/mol. The third kappa shape index (κ3) is 4.10. The summed E-state index contributed by atoms with van der Waals surface area (Å²) in [7, 11) is 2.24. The number of pyridine rings is 1. The van der Waals surface area contributed by atoms with Crippen LogP contribution in [0.2, 0.25) is 0 Å². The summed E-state index contributed by atoms with van der Waals surface area (Å²) in [4.78, 5) is 3.51. The Morgan fingerprint density at radius 3 is 2.35 bits per heavy atom. The molecular weight excluding hydrogens is 318 g/mol. The average Bonchev–Trinajstić information content (AvgIpc) is 2.48. The minimum Gasteiger partial charge on any atom is -0.493 e. The van der Waals surface area contributed by atoms with Crippen LogP contribution in [0.1, 0.15) is 11.7 Å². The zero-order chi connectivity index (χ0) is 17.0. The zero-order valence-corrected chi connectivity index (χ0v) is 12.2. The third-order valence-corrected chi connectivity index (χ3v) is 2.93. The van der Waals surface area contributed by atoms with E-state index >= 15 is 0 Å². The van der Waals surface area contributed by atoms with Crippen molar-refractivity contribution in [3.63, 3.8) is 0 Å². The van der Waals surface area contributed by atoms with Gasteiger partial charge in [0.25, 0.3) is 0 Å². The van der Waals surface area contributed by atoms with Gasteiger partial charge in [-0.15, -0.1) is 0 Å². The van der Waals surface area contributed by atoms with Crippen LogP contribution >= 0.6 is 0 Å². The van der Waals surface area contributed by atoms with Gasteiger partial charge in [0.05, 0.1) is 7.11 Å². The number of nitrogens with zero attached hydrogens (tertiary/aromatic N) is 1. The van der Waals surface area contributed by atoms with E-state index in [1.165, 1.54) is 31.4 Å². The minimum atomic E-state index is -4.56. The van der Waals surface area contributed by atoms with Gasteiger partial charge < -0.3 is 14.2 Å². The average molecular weight is 331 g/mol. The molecule has 2 rings (SSSR count). The van der Waals surface area contributed by atoms with Crippen LogP contribution in [0.15, 0.2) is 36.4 Å². The van der Waals surface area contributed by atoms with E-state index in [1.807, 2.05) is 0 Å². The summed E-state index contributed by atoms with van der Waals surface area (Å²) >= 11 is 0. The van der Waals surface area contributed by atoms with E-state index in [0.29, 0.717) is 0 Å². The first-order chi connectivity index (χ1) is 10.8. The highest BCUT2D eigenvalue weighted by Crippen LogP contribution is 2.39. The van der Waals surface area contributed by atoms with Crippen molar-refractivity contribution in [2.75, 3.05) is 14.2 Å². The second kappa shape index (κ2) is 6.82. The predicted octanol–water partition coefficient (Wildman–Crippen LogP) is 4.27. The molecule has 0 N–H and O–H groups in total. The maximum atomic E-state index is 13.0. The molecule has 1 aromatic carbocycles. The van der Waals surface area contributed by atoms with E-state index in [2.05, 4.69) is 9.72 Å². The molecule has 1 unspecified atom stereocenters. The van der Waals surface area contributed by atoms with Crippen molar-refractivity contribution in [3.8, 4) is 17.4 Å². The number of hydrogen-bond acceptors (Lipinski definition) is 4. The maximum absolute atomic E-state index is 13.0. The second-order valence-electron chi connectivity index (χ2n) is 4.47. The first-order valence-corrected chi connectivity index (χ1v) is 6.43. The fourth-order valence-corrected chi connectivity index (χ4v) is 1.95. The van der Waals surface area contributed by atoms with Crippen molar-refractivity contribution in [2.45, 2.75) is 12.3 Å². The lowest BCUT2D eigenvalue weighted by Crippen LogP contribution is -2.22. The molecule has 0 fully saturated rings. The number of hydrogen-bond donors (Lipinski definition) is 0. The molecule has 0 bridgehead atoms. The SMILES string of the molecule is COc1cc(C(OC)C(F)(F)F)ccc1Oc1cccc(F)n1. The molecule has 0 aliphatic carbocycles. The van der Waals surface area contributed by atoms with Gasteiger partial charge in [-0.2, -0.15) is 22.5 Å². The molecule has 8 heteroatoms. The Hall–Kier alpha value is -2.35. The Labute approximate surface area is 129 Å². The van der Waals surface area contributed by atoms with E-state index in [0.717, 1.165) is 19.2 Å². The summed E-state index contributed by atoms with van der Waals surface area (Å²) in [5, 5.41) is 0. The molecule has 0 radical (unpaired) electrons. The number of aromatic nitrogens is 1. The van der Waals surface area contributed by atoms with E-state index in [4.69, 9.17) is 9.47 Å².